The van der Waals surface area contributed by atoms with Gasteiger partial charge in [-0.15, -0.1) is 70.8 Å². The second-order valence-electron chi connectivity index (χ2n) is 24.8. The molecule has 2 aliphatic rings. The standard InChI is InChI=1S/2C28H28P2.C19H12.C17H8.4Au/c2*1-5-15-25(16-6-1)29(26-17-7-2-8-18-26)23-13-14-24-30(27-19-9-3-10-20-27)28-21-11-4-12-22-28;1-5-13-7-9-17-15(11-13)16-12-14(6-2)8-10-18(16)19(17,3)4;1-3-12-5-7-14-11-15-8-6-13(4-2)10-17(15)16(14)9-12;;;;/h2*1-12,15-22H,13-14,23-24H2;7-12H,3-4H3;5-10H,11H2;;;;/q;;2*-2;4*+1/p+4. The van der Waals surface area contributed by atoms with Crippen LogP contribution in [0.3, 0.4) is 0 Å². The fourth-order valence-electron chi connectivity index (χ4n) is 13.4. The molecule has 2 aliphatic carbocycles. The third kappa shape index (κ3) is 21.3. The molecule has 0 N–H and O–H groups in total. The molecule has 0 saturated carbocycles. The van der Waals surface area contributed by atoms with E-state index in [1.807, 2.05) is 48.5 Å². The van der Waals surface area contributed by atoms with Gasteiger partial charge in [-0.3, -0.25) is 23.7 Å². The smallest absolute Gasteiger partial charge is 0.366 e. The molecule has 0 heterocycles. The zero-order valence-corrected chi connectivity index (χ0v) is 68.8. The minimum atomic E-state index is -0.714. The first-order valence-electron chi connectivity index (χ1n) is 33.4. The predicted molar refractivity (Wildman–Crippen MR) is 423 cm³/mol. The molecule has 0 aromatic heterocycles. The van der Waals surface area contributed by atoms with Gasteiger partial charge in [0.05, 0.1) is 98.8 Å². The molecule has 0 radical (unpaired) electrons. The second kappa shape index (κ2) is 41.6. The van der Waals surface area contributed by atoms with E-state index in [4.69, 9.17) is 25.7 Å². The van der Waals surface area contributed by atoms with Crippen LogP contribution >= 0.6 is 31.7 Å². The second-order valence-corrected chi connectivity index (χ2v) is 35.3. The van der Waals surface area contributed by atoms with Gasteiger partial charge >= 0.3 is 89.5 Å². The van der Waals surface area contributed by atoms with Crippen molar-refractivity contribution >= 4 is 74.1 Å². The molecular formula is C92H80Au4P4+4. The van der Waals surface area contributed by atoms with Crippen LogP contribution in [0.4, 0.5) is 0 Å². The number of fused-ring (bicyclic) bond motifs is 6. The van der Waals surface area contributed by atoms with Crippen molar-refractivity contribution in [3.8, 4) is 45.9 Å². The normalized spacial score (nSPS) is 11.3. The number of hydrogen-bond acceptors (Lipinski definition) is 0. The molecule has 12 aromatic rings. The van der Waals surface area contributed by atoms with E-state index >= 15 is 0 Å². The summed E-state index contributed by atoms with van der Waals surface area (Å²) in [7, 11) is -2.86. The van der Waals surface area contributed by atoms with E-state index in [0.29, 0.717) is 0 Å². The molecule has 0 unspecified atom stereocenters. The average molecular weight is 2100 g/mol. The Balaban J connectivity index is 0.000000190. The molecule has 100 heavy (non-hydrogen) atoms. The Morgan fingerprint density at radius 3 is 0.650 bits per heavy atom. The number of hydrogen-bond donors (Lipinski definition) is 0. The van der Waals surface area contributed by atoms with Gasteiger partial charge in [0.15, 0.2) is 0 Å². The van der Waals surface area contributed by atoms with Crippen LogP contribution in [0, 0.1) is 49.4 Å². The molecule has 0 nitrogen and oxygen atoms in total. The molecule has 12 aromatic carbocycles. The minimum absolute atomic E-state index is 0. The van der Waals surface area contributed by atoms with Gasteiger partial charge in [-0.25, -0.2) is 0 Å². The molecule has 0 bridgehead atoms. The van der Waals surface area contributed by atoms with Gasteiger partial charge in [0.2, 0.25) is 0 Å². The molecular weight excluding hydrogens is 2020 g/mol. The van der Waals surface area contributed by atoms with Gasteiger partial charge in [-0.1, -0.05) is 184 Å². The predicted octanol–water partition coefficient (Wildman–Crippen LogP) is 18.0. The Kier molecular flexibility index (Phi) is 33.6. The summed E-state index contributed by atoms with van der Waals surface area (Å²) in [4.78, 5) is 0. The van der Waals surface area contributed by atoms with E-state index in [0.717, 1.165) is 50.9 Å². The van der Waals surface area contributed by atoms with Crippen LogP contribution in [0.15, 0.2) is 315 Å². The number of benzene rings is 12. The van der Waals surface area contributed by atoms with Crippen LogP contribution in [0.1, 0.15) is 84.0 Å². The summed E-state index contributed by atoms with van der Waals surface area (Å²) in [5.41, 5.74) is 12.8. The van der Waals surface area contributed by atoms with Gasteiger partial charge in [0, 0.05) is 5.41 Å². The van der Waals surface area contributed by atoms with E-state index in [2.05, 4.69) is 304 Å². The third-order valence-corrected chi connectivity index (χ3v) is 30.0. The van der Waals surface area contributed by atoms with Gasteiger partial charge in [0.25, 0.3) is 0 Å². The summed E-state index contributed by atoms with van der Waals surface area (Å²) < 4.78 is 0. The fourth-order valence-corrected chi connectivity index (χ4v) is 24.2. The molecule has 0 aliphatic heterocycles. The third-order valence-electron chi connectivity index (χ3n) is 18.3. The van der Waals surface area contributed by atoms with E-state index in [1.165, 1.54) is 115 Å². The Bertz CT molecular complexity index is 4020. The maximum atomic E-state index is 7.28. The van der Waals surface area contributed by atoms with Crippen molar-refractivity contribution in [2.45, 2.75) is 51.4 Å². The summed E-state index contributed by atoms with van der Waals surface area (Å²) in [5.74, 6) is 9.71. The minimum Gasteiger partial charge on any atom is -0.366 e. The topological polar surface area (TPSA) is 0 Å². The summed E-state index contributed by atoms with van der Waals surface area (Å²) >= 11 is 0. The van der Waals surface area contributed by atoms with Crippen molar-refractivity contribution in [2.75, 3.05) is 24.6 Å². The molecule has 0 spiro atoms. The molecule has 0 atom stereocenters. The zero-order chi connectivity index (χ0) is 66.3. The summed E-state index contributed by atoms with van der Waals surface area (Å²) in [6.45, 7) is 4.42. The largest absolute Gasteiger partial charge is 1.00 e. The van der Waals surface area contributed by atoms with Gasteiger partial charge in [-0.05, 0) is 174 Å². The van der Waals surface area contributed by atoms with Crippen LogP contribution in [0.25, 0.3) is 22.3 Å². The van der Waals surface area contributed by atoms with Gasteiger partial charge < -0.3 is 25.7 Å². The van der Waals surface area contributed by atoms with Crippen LogP contribution in [0.2, 0.25) is 0 Å². The van der Waals surface area contributed by atoms with E-state index < -0.39 is 31.7 Å². The van der Waals surface area contributed by atoms with Crippen molar-refractivity contribution in [3.63, 3.8) is 0 Å². The van der Waals surface area contributed by atoms with Crippen molar-refractivity contribution < 1.29 is 89.5 Å². The SMILES string of the molecule is [Au+].[Au+].[Au+].[Au+].[C-]#Cc1ccc2c(c1)-c1cc(C#[C-])ccc1C2.[C-]#Cc1ccc2c(c1)-c1cc(C#[C-])ccc1C2(C)C.c1ccc([PH+](CCCC[PH+](c2ccccc2)c2ccccc2)c2ccccc2)cc1.c1ccc([PH+](CCCC[PH+](c2ccccc2)c2ccccc2)c2ccccc2)cc1. The molecule has 0 fully saturated rings. The van der Waals surface area contributed by atoms with Gasteiger partial charge in [0.1, 0.15) is 0 Å². The number of unbranched alkanes of at least 4 members (excludes halogenated alkanes) is 2. The monoisotopic (exact) mass is 2100 g/mol. The molecule has 0 saturated heterocycles. The first kappa shape index (κ1) is 80.9. The van der Waals surface area contributed by atoms with Crippen LogP contribution in [-0.2, 0) is 101 Å². The Morgan fingerprint density at radius 1 is 0.260 bits per heavy atom. The van der Waals surface area contributed by atoms with Crippen LogP contribution in [0.5, 0.6) is 0 Å². The van der Waals surface area contributed by atoms with Gasteiger partial charge in [-0.2, -0.15) is 0 Å². The van der Waals surface area contributed by atoms with E-state index in [1.54, 1.807) is 0 Å². The maximum absolute atomic E-state index is 7.28. The summed E-state index contributed by atoms with van der Waals surface area (Å²) in [6, 6.07) is 113. The van der Waals surface area contributed by atoms with Crippen molar-refractivity contribution in [1.82, 2.24) is 0 Å². The quantitative estimate of drug-likeness (QED) is 0.0264. The maximum Gasteiger partial charge on any atom is 1.00 e. The van der Waals surface area contributed by atoms with Crippen molar-refractivity contribution in [1.29, 1.82) is 0 Å². The molecule has 14 rings (SSSR count). The fraction of sp³-hybridized carbons (Fsp3) is 0.130. The zero-order valence-electron chi connectivity index (χ0n) is 56.1. The Hall–Kier alpha value is -6.44. The summed E-state index contributed by atoms with van der Waals surface area (Å²) in [5, 5.41) is 12.3. The van der Waals surface area contributed by atoms with Crippen LogP contribution < -0.4 is 42.4 Å². The van der Waals surface area contributed by atoms with Crippen molar-refractivity contribution in [2.24, 2.45) is 0 Å². The molecule has 0 amide bonds. The summed E-state index contributed by atoms with van der Waals surface area (Å²) in [6.07, 6.45) is 40.2. The first-order chi connectivity index (χ1) is 47.2. The molecule has 508 valence electrons. The van der Waals surface area contributed by atoms with E-state index in [-0.39, 0.29) is 94.9 Å². The molecule has 8 heteroatoms. The Morgan fingerprint density at radius 2 is 0.450 bits per heavy atom. The first-order valence-corrected chi connectivity index (χ1v) is 40.2. The Labute approximate surface area is 664 Å². The van der Waals surface area contributed by atoms with Crippen LogP contribution in [-0.4, -0.2) is 24.6 Å². The van der Waals surface area contributed by atoms with Crippen molar-refractivity contribution in [3.05, 3.63) is 386 Å². The van der Waals surface area contributed by atoms with E-state index in [9.17, 15) is 0 Å². The number of rotatable bonds is 18. The average Bonchev–Trinajstić information content (AvgIpc) is 1.58.